The van der Waals surface area contributed by atoms with Crippen molar-refractivity contribution in [2.75, 3.05) is 6.61 Å². The number of hydrogen-bond acceptors (Lipinski definition) is 4. The number of carbonyl (C=O) groups excluding carboxylic acids is 2. The summed E-state index contributed by atoms with van der Waals surface area (Å²) in [6, 6.07) is 0. The zero-order valence-electron chi connectivity index (χ0n) is 12.9. The van der Waals surface area contributed by atoms with Crippen LogP contribution in [0.1, 0.15) is 39.5 Å². The van der Waals surface area contributed by atoms with Crippen LogP contribution in [0.25, 0.3) is 0 Å². The summed E-state index contributed by atoms with van der Waals surface area (Å²) in [4.78, 5) is 24.2. The number of aliphatic hydroxyl groups excluding tert-OH is 1. The van der Waals surface area contributed by atoms with Gasteiger partial charge in [-0.2, -0.15) is 0 Å². The van der Waals surface area contributed by atoms with Crippen molar-refractivity contribution in [3.63, 3.8) is 0 Å². The lowest BCUT2D eigenvalue weighted by atomic mass is 9.71. The Morgan fingerprint density at radius 3 is 2.81 bits per heavy atom. The van der Waals surface area contributed by atoms with Gasteiger partial charge in [0.05, 0.1) is 12.7 Å². The van der Waals surface area contributed by atoms with E-state index in [9.17, 15) is 14.7 Å². The Morgan fingerprint density at radius 1 is 1.52 bits per heavy atom. The van der Waals surface area contributed by atoms with Crippen LogP contribution < -0.4 is 0 Å². The number of esters is 1. The van der Waals surface area contributed by atoms with Crippen LogP contribution in [0.3, 0.4) is 0 Å². The van der Waals surface area contributed by atoms with E-state index in [1.54, 1.807) is 6.92 Å². The van der Waals surface area contributed by atoms with Gasteiger partial charge in [-0.15, -0.1) is 0 Å². The summed E-state index contributed by atoms with van der Waals surface area (Å²) in [5.41, 5.74) is 0.628. The Balaban J connectivity index is 2.30. The molecule has 0 aromatic heterocycles. The molecule has 0 saturated heterocycles. The van der Waals surface area contributed by atoms with Gasteiger partial charge in [-0.1, -0.05) is 25.7 Å². The second-order valence-electron chi connectivity index (χ2n) is 6.42. The molecule has 2 aliphatic carbocycles. The maximum atomic E-state index is 12.3. The molecule has 4 nitrogen and oxygen atoms in total. The lowest BCUT2D eigenvalue weighted by Crippen LogP contribution is -2.34. The van der Waals surface area contributed by atoms with Gasteiger partial charge in [0.1, 0.15) is 5.78 Å². The lowest BCUT2D eigenvalue weighted by Gasteiger charge is -2.31. The van der Waals surface area contributed by atoms with Gasteiger partial charge in [0.15, 0.2) is 0 Å². The number of rotatable bonds is 3. The molecule has 0 aromatic rings. The van der Waals surface area contributed by atoms with Crippen LogP contribution in [0.4, 0.5) is 0 Å². The predicted molar refractivity (Wildman–Crippen MR) is 79.5 cm³/mol. The van der Waals surface area contributed by atoms with Crippen molar-refractivity contribution in [3.8, 4) is 0 Å². The molecule has 21 heavy (non-hydrogen) atoms. The van der Waals surface area contributed by atoms with Crippen LogP contribution in [0.5, 0.6) is 0 Å². The van der Waals surface area contributed by atoms with Gasteiger partial charge < -0.3 is 9.84 Å². The van der Waals surface area contributed by atoms with Gasteiger partial charge in [-0.3, -0.25) is 4.79 Å². The molecule has 0 radical (unpaired) electrons. The first-order valence-electron chi connectivity index (χ1n) is 7.56. The minimum absolute atomic E-state index is 0.0969. The molecule has 0 bridgehead atoms. The van der Waals surface area contributed by atoms with Crippen molar-refractivity contribution in [2.45, 2.75) is 45.6 Å². The van der Waals surface area contributed by atoms with Crippen LogP contribution in [0.2, 0.25) is 0 Å². The van der Waals surface area contributed by atoms with Crippen LogP contribution >= 0.6 is 0 Å². The van der Waals surface area contributed by atoms with Crippen LogP contribution in [0.15, 0.2) is 24.3 Å². The highest BCUT2D eigenvalue weighted by molar-refractivity contribution is 5.90. The van der Waals surface area contributed by atoms with E-state index in [1.807, 2.05) is 6.92 Å². The number of ether oxygens (including phenoxy) is 1. The Morgan fingerprint density at radius 2 is 2.19 bits per heavy atom. The fourth-order valence-electron chi connectivity index (χ4n) is 3.86. The monoisotopic (exact) mass is 292 g/mol. The highest BCUT2D eigenvalue weighted by Crippen LogP contribution is 2.52. The molecule has 4 heteroatoms. The molecule has 116 valence electrons. The molecule has 2 fully saturated rings. The molecule has 4 atom stereocenters. The summed E-state index contributed by atoms with van der Waals surface area (Å²) in [5, 5.41) is 10.4. The van der Waals surface area contributed by atoms with Crippen molar-refractivity contribution >= 4 is 11.8 Å². The summed E-state index contributed by atoms with van der Waals surface area (Å²) in [6.45, 7) is 11.8. The molecule has 0 spiro atoms. The Bertz CT molecular complexity index is 493. The molecule has 2 rings (SSSR count). The van der Waals surface area contributed by atoms with Crippen LogP contribution in [-0.2, 0) is 14.3 Å². The summed E-state index contributed by atoms with van der Waals surface area (Å²) in [6.07, 6.45) is 1.46. The summed E-state index contributed by atoms with van der Waals surface area (Å²) < 4.78 is 4.99. The van der Waals surface area contributed by atoms with Gasteiger partial charge in [0.25, 0.3) is 0 Å². The molecule has 0 aromatic carbocycles. The maximum absolute atomic E-state index is 12.3. The normalized spacial score (nSPS) is 36.0. The Kier molecular flexibility index (Phi) is 4.38. The van der Waals surface area contributed by atoms with Gasteiger partial charge in [0, 0.05) is 23.3 Å². The quantitative estimate of drug-likeness (QED) is 0.493. The average Bonchev–Trinajstić information content (AvgIpc) is 2.66. The first-order valence-corrected chi connectivity index (χ1v) is 7.56. The van der Waals surface area contributed by atoms with Gasteiger partial charge in [-0.05, 0) is 32.1 Å². The second-order valence-corrected chi connectivity index (χ2v) is 6.42. The number of carbonyl (C=O) groups is 2. The molecule has 0 amide bonds. The lowest BCUT2D eigenvalue weighted by molar-refractivity contribution is -0.140. The summed E-state index contributed by atoms with van der Waals surface area (Å²) >= 11 is 0. The molecule has 2 saturated carbocycles. The zero-order chi connectivity index (χ0) is 15.8. The molecule has 0 aliphatic heterocycles. The number of aliphatic hydroxyl groups is 1. The third-order valence-corrected chi connectivity index (χ3v) is 5.12. The topological polar surface area (TPSA) is 63.6 Å². The largest absolute Gasteiger partial charge is 0.463 e. The number of fused-ring (bicyclic) bond motifs is 1. The molecule has 2 aliphatic rings. The van der Waals surface area contributed by atoms with E-state index < -0.39 is 23.4 Å². The Labute approximate surface area is 125 Å². The molecule has 0 unspecified atom stereocenters. The minimum Gasteiger partial charge on any atom is -0.463 e. The van der Waals surface area contributed by atoms with E-state index in [-0.39, 0.29) is 23.9 Å². The minimum atomic E-state index is -0.732. The fraction of sp³-hybridized carbons (Fsp3) is 0.647. The molecule has 1 N–H and O–H groups in total. The first-order chi connectivity index (χ1) is 9.81. The summed E-state index contributed by atoms with van der Waals surface area (Å²) in [7, 11) is 0. The van der Waals surface area contributed by atoms with Crippen molar-refractivity contribution in [1.82, 2.24) is 0 Å². The summed E-state index contributed by atoms with van der Waals surface area (Å²) in [5.74, 6) is -0.637. The SMILES string of the molecule is C=C(C(=O)OCC)[C@H]1C[C@@]2(C)C(=O)CC[C@@H]2C(=C)C[C@@H]1O. The van der Waals surface area contributed by atoms with Crippen LogP contribution in [-0.4, -0.2) is 29.6 Å². The van der Waals surface area contributed by atoms with E-state index >= 15 is 0 Å². The second kappa shape index (κ2) is 5.76. The number of ketones is 1. The standard InChI is InChI=1S/C17H24O4/c1-5-21-16(20)11(3)12-9-17(4)13(6-7-15(17)19)10(2)8-14(12)18/h12-14,18H,2-3,5-9H2,1,4H3/t12-,13-,14+,17-/m1/s1. The molecule has 0 heterocycles. The van der Waals surface area contributed by atoms with E-state index in [2.05, 4.69) is 13.2 Å². The molecular weight excluding hydrogens is 268 g/mol. The van der Waals surface area contributed by atoms with E-state index in [0.29, 0.717) is 19.3 Å². The van der Waals surface area contributed by atoms with Crippen molar-refractivity contribution in [1.29, 1.82) is 0 Å². The van der Waals surface area contributed by atoms with Gasteiger partial charge >= 0.3 is 5.97 Å². The highest BCUT2D eigenvalue weighted by Gasteiger charge is 2.51. The number of hydrogen-bond donors (Lipinski definition) is 1. The maximum Gasteiger partial charge on any atom is 0.333 e. The van der Waals surface area contributed by atoms with Crippen LogP contribution in [0, 0.1) is 17.3 Å². The van der Waals surface area contributed by atoms with E-state index in [4.69, 9.17) is 4.74 Å². The van der Waals surface area contributed by atoms with Crippen molar-refractivity contribution in [2.24, 2.45) is 17.3 Å². The van der Waals surface area contributed by atoms with Gasteiger partial charge in [-0.25, -0.2) is 4.79 Å². The zero-order valence-corrected chi connectivity index (χ0v) is 12.9. The Hall–Kier alpha value is -1.42. The van der Waals surface area contributed by atoms with Crippen molar-refractivity contribution < 1.29 is 19.4 Å². The highest BCUT2D eigenvalue weighted by atomic mass is 16.5. The fourth-order valence-corrected chi connectivity index (χ4v) is 3.86. The molecular formula is C17H24O4. The van der Waals surface area contributed by atoms with Crippen molar-refractivity contribution in [3.05, 3.63) is 24.3 Å². The smallest absolute Gasteiger partial charge is 0.333 e. The third kappa shape index (κ3) is 2.69. The first kappa shape index (κ1) is 16.0. The average molecular weight is 292 g/mol. The van der Waals surface area contributed by atoms with E-state index in [1.165, 1.54) is 0 Å². The third-order valence-electron chi connectivity index (χ3n) is 5.12. The number of Topliss-reactive ketones (excluding diaryl/α,β-unsaturated/α-hetero) is 1. The predicted octanol–water partition coefficient (Wildman–Crippen LogP) is 2.42. The van der Waals surface area contributed by atoms with Gasteiger partial charge in [0.2, 0.25) is 0 Å². The van der Waals surface area contributed by atoms with E-state index in [0.717, 1.165) is 12.0 Å².